The van der Waals surface area contributed by atoms with E-state index in [0.29, 0.717) is 34.3 Å². The molecular formula is C26H37Cl2N3O5Si. The normalized spacial score (nSPS) is 12.4. The Morgan fingerprint density at radius 3 is 1.62 bits per heavy atom. The summed E-state index contributed by atoms with van der Waals surface area (Å²) in [5.41, 5.74) is 1.21. The maximum Gasteiger partial charge on any atom is 0.500 e. The number of aromatic hydroxyl groups is 2. The van der Waals surface area contributed by atoms with Crippen molar-refractivity contribution in [3.63, 3.8) is 0 Å². The first-order valence-electron chi connectivity index (χ1n) is 12.2. The average Bonchev–Trinajstić information content (AvgIpc) is 2.90. The van der Waals surface area contributed by atoms with Crippen LogP contribution in [-0.4, -0.2) is 90.4 Å². The highest BCUT2D eigenvalue weighted by Gasteiger charge is 2.37. The molecule has 0 spiro atoms. The molecular weight excluding hydrogens is 533 g/mol. The quantitative estimate of drug-likeness (QED) is 0.152. The van der Waals surface area contributed by atoms with E-state index in [4.69, 9.17) is 36.5 Å². The van der Waals surface area contributed by atoms with Gasteiger partial charge in [-0.1, -0.05) is 23.2 Å². The van der Waals surface area contributed by atoms with Gasteiger partial charge in [0.05, 0.1) is 0 Å². The molecule has 0 aliphatic carbocycles. The van der Waals surface area contributed by atoms with Crippen molar-refractivity contribution in [2.75, 3.05) is 54.1 Å². The third-order valence-corrected chi connectivity index (χ3v) is 9.16. The van der Waals surface area contributed by atoms with E-state index in [9.17, 15) is 10.2 Å². The predicted molar refractivity (Wildman–Crippen MR) is 153 cm³/mol. The van der Waals surface area contributed by atoms with Crippen molar-refractivity contribution < 1.29 is 23.5 Å². The fraction of sp³-hybridized carbons (Fsp3) is 0.462. The van der Waals surface area contributed by atoms with Gasteiger partial charge >= 0.3 is 8.80 Å². The van der Waals surface area contributed by atoms with Gasteiger partial charge in [0, 0.05) is 74.1 Å². The topological polar surface area (TPSA) is 96.1 Å². The molecule has 11 heteroatoms. The van der Waals surface area contributed by atoms with Crippen LogP contribution in [0.5, 0.6) is 11.5 Å². The first-order valence-corrected chi connectivity index (χ1v) is 14.9. The summed E-state index contributed by atoms with van der Waals surface area (Å²) < 4.78 is 16.6. The van der Waals surface area contributed by atoms with Crippen molar-refractivity contribution in [1.29, 1.82) is 0 Å². The summed E-state index contributed by atoms with van der Waals surface area (Å²) in [6.07, 6.45) is 5.90. The van der Waals surface area contributed by atoms with Crippen LogP contribution in [-0.2, 0) is 13.3 Å². The molecule has 2 N–H and O–H groups in total. The molecule has 0 bridgehead atoms. The molecule has 0 aliphatic heterocycles. The van der Waals surface area contributed by atoms with Gasteiger partial charge in [-0.3, -0.25) is 9.98 Å². The minimum atomic E-state index is -2.61. The van der Waals surface area contributed by atoms with Crippen LogP contribution in [0.2, 0.25) is 16.1 Å². The maximum absolute atomic E-state index is 9.93. The first-order chi connectivity index (χ1) is 17.8. The summed E-state index contributed by atoms with van der Waals surface area (Å²) in [5, 5.41) is 21.0. The number of hydrogen-bond acceptors (Lipinski definition) is 8. The fourth-order valence-corrected chi connectivity index (χ4v) is 5.83. The molecule has 0 amide bonds. The Kier molecular flexibility index (Phi) is 14.2. The van der Waals surface area contributed by atoms with E-state index >= 15 is 0 Å². The molecule has 0 aromatic heterocycles. The third kappa shape index (κ3) is 11.1. The zero-order valence-electron chi connectivity index (χ0n) is 21.7. The minimum Gasteiger partial charge on any atom is -0.507 e. The molecule has 2 rings (SSSR count). The zero-order valence-corrected chi connectivity index (χ0v) is 24.2. The Morgan fingerprint density at radius 1 is 0.757 bits per heavy atom. The van der Waals surface area contributed by atoms with Gasteiger partial charge in [-0.15, -0.1) is 0 Å². The molecule has 204 valence electrons. The van der Waals surface area contributed by atoms with Crippen LogP contribution in [0.3, 0.4) is 0 Å². The number of benzene rings is 2. The Bertz CT molecular complexity index is 946. The van der Waals surface area contributed by atoms with Gasteiger partial charge in [0.1, 0.15) is 11.5 Å². The van der Waals surface area contributed by atoms with Gasteiger partial charge in [-0.2, -0.15) is 0 Å². The molecule has 0 fully saturated rings. The van der Waals surface area contributed by atoms with Crippen LogP contribution in [0, 0.1) is 0 Å². The van der Waals surface area contributed by atoms with E-state index in [-0.39, 0.29) is 11.5 Å². The average molecular weight is 571 g/mol. The second kappa shape index (κ2) is 16.8. The van der Waals surface area contributed by atoms with Crippen molar-refractivity contribution in [2.45, 2.75) is 25.3 Å². The summed E-state index contributed by atoms with van der Waals surface area (Å²) in [5.74, 6) is 0.312. The summed E-state index contributed by atoms with van der Waals surface area (Å²) in [4.78, 5) is 11.3. The van der Waals surface area contributed by atoms with E-state index in [1.807, 2.05) is 0 Å². The minimum absolute atomic E-state index is 0.156. The van der Waals surface area contributed by atoms with Crippen LogP contribution >= 0.6 is 23.2 Å². The molecule has 0 unspecified atom stereocenters. The maximum atomic E-state index is 9.93. The lowest BCUT2D eigenvalue weighted by Crippen LogP contribution is -2.43. The number of phenolic OH excluding ortho intramolecular Hbond substituents is 2. The summed E-state index contributed by atoms with van der Waals surface area (Å²) in [6, 6.07) is 10.5. The van der Waals surface area contributed by atoms with Gasteiger partial charge in [-0.05, 0) is 75.3 Å². The summed E-state index contributed by atoms with van der Waals surface area (Å²) in [6.45, 7) is 3.84. The molecule has 8 nitrogen and oxygen atoms in total. The Morgan fingerprint density at radius 2 is 1.19 bits per heavy atom. The molecule has 2 aromatic rings. The van der Waals surface area contributed by atoms with Gasteiger partial charge in [0.25, 0.3) is 0 Å². The van der Waals surface area contributed by atoms with Crippen molar-refractivity contribution in [3.8, 4) is 11.5 Å². The standard InChI is InChI=1S/C26H37Cl2N3O5Si/c1-34-37(35-2,36-3)16-6-15-31(13-4-11-29-19-21-17-23(27)7-9-25(21)32)14-5-12-30-20-22-18-24(28)8-10-26(22)33/h7-10,17-20,32-33H,4-6,11-16H2,1-3H3. The molecule has 0 radical (unpaired) electrons. The van der Waals surface area contributed by atoms with Crippen LogP contribution in [0.1, 0.15) is 30.4 Å². The smallest absolute Gasteiger partial charge is 0.500 e. The van der Waals surface area contributed by atoms with Crippen LogP contribution < -0.4 is 0 Å². The van der Waals surface area contributed by atoms with E-state index in [1.54, 1.807) is 70.2 Å². The Labute approximate surface area is 230 Å². The van der Waals surface area contributed by atoms with E-state index in [1.165, 1.54) is 0 Å². The Hall–Kier alpha value is -1.98. The zero-order chi connectivity index (χ0) is 27.1. The van der Waals surface area contributed by atoms with Gasteiger partial charge < -0.3 is 28.4 Å². The summed E-state index contributed by atoms with van der Waals surface area (Å²) in [7, 11) is 2.27. The van der Waals surface area contributed by atoms with Gasteiger partial charge in [0.2, 0.25) is 0 Å². The fourth-order valence-electron chi connectivity index (χ4n) is 3.77. The number of aliphatic imine (C=N–C) groups is 2. The van der Waals surface area contributed by atoms with Crippen LogP contribution in [0.25, 0.3) is 0 Å². The van der Waals surface area contributed by atoms with Crippen molar-refractivity contribution in [3.05, 3.63) is 57.6 Å². The highest BCUT2D eigenvalue weighted by Crippen LogP contribution is 2.21. The Balaban J connectivity index is 1.87. The number of nitrogens with zero attached hydrogens (tertiary/aromatic N) is 3. The number of rotatable bonds is 17. The molecule has 0 saturated heterocycles. The SMILES string of the molecule is CO[Si](CCCN(CCCN=Cc1cc(Cl)ccc1O)CCCN=Cc1cc(Cl)ccc1O)(OC)OC. The van der Waals surface area contributed by atoms with Crippen molar-refractivity contribution >= 4 is 44.4 Å². The highest BCUT2D eigenvalue weighted by molar-refractivity contribution is 6.60. The molecule has 0 saturated carbocycles. The van der Waals surface area contributed by atoms with E-state index < -0.39 is 8.80 Å². The molecule has 0 atom stereocenters. The van der Waals surface area contributed by atoms with Gasteiger partial charge in [0.15, 0.2) is 0 Å². The van der Waals surface area contributed by atoms with E-state index in [2.05, 4.69) is 14.9 Å². The molecule has 0 heterocycles. The number of hydrogen-bond donors (Lipinski definition) is 2. The predicted octanol–water partition coefficient (Wildman–Crippen LogP) is 5.29. The number of halogens is 2. The molecule has 0 aliphatic rings. The summed E-state index contributed by atoms with van der Waals surface area (Å²) >= 11 is 12.0. The largest absolute Gasteiger partial charge is 0.507 e. The molecule has 37 heavy (non-hydrogen) atoms. The second-order valence-corrected chi connectivity index (χ2v) is 12.4. The second-order valence-electron chi connectivity index (χ2n) is 8.42. The first kappa shape index (κ1) is 31.2. The highest BCUT2D eigenvalue weighted by atomic mass is 35.5. The lowest BCUT2D eigenvalue weighted by molar-refractivity contribution is 0.121. The van der Waals surface area contributed by atoms with Crippen molar-refractivity contribution in [2.24, 2.45) is 9.98 Å². The molecule has 2 aromatic carbocycles. The van der Waals surface area contributed by atoms with Gasteiger partial charge in [-0.25, -0.2) is 0 Å². The lowest BCUT2D eigenvalue weighted by Gasteiger charge is -2.26. The number of phenols is 2. The third-order valence-electron chi connectivity index (χ3n) is 5.85. The van der Waals surface area contributed by atoms with Crippen LogP contribution in [0.4, 0.5) is 0 Å². The van der Waals surface area contributed by atoms with Crippen LogP contribution in [0.15, 0.2) is 46.4 Å². The van der Waals surface area contributed by atoms with E-state index in [0.717, 1.165) is 44.9 Å². The monoisotopic (exact) mass is 569 g/mol. The van der Waals surface area contributed by atoms with Crippen molar-refractivity contribution in [1.82, 2.24) is 4.90 Å². The lowest BCUT2D eigenvalue weighted by atomic mass is 10.2.